The molecule has 3 N–H and O–H groups in total. The Balaban J connectivity index is 1.90. The van der Waals surface area contributed by atoms with Crippen molar-refractivity contribution in [1.82, 2.24) is 5.32 Å². The molecule has 2 aromatic rings. The molecule has 0 aliphatic heterocycles. The van der Waals surface area contributed by atoms with Crippen LogP contribution < -0.4 is 5.32 Å². The summed E-state index contributed by atoms with van der Waals surface area (Å²) in [6, 6.07) is 16.0. The van der Waals surface area contributed by atoms with Gasteiger partial charge in [0.1, 0.15) is 0 Å². The average molecular weight is 327 g/mol. The van der Waals surface area contributed by atoms with E-state index in [0.717, 1.165) is 11.1 Å². The first-order valence-corrected chi connectivity index (χ1v) is 7.85. The molecule has 1 atom stereocenters. The largest absolute Gasteiger partial charge is 0.478 e. The summed E-state index contributed by atoms with van der Waals surface area (Å²) in [7, 11) is 0. The molecule has 5 nitrogen and oxygen atoms in total. The Morgan fingerprint density at radius 2 is 1.67 bits per heavy atom. The van der Waals surface area contributed by atoms with E-state index in [1.807, 2.05) is 30.3 Å². The first-order valence-electron chi connectivity index (χ1n) is 7.85. The van der Waals surface area contributed by atoms with Crippen LogP contribution in [0.2, 0.25) is 0 Å². The van der Waals surface area contributed by atoms with Crippen molar-refractivity contribution >= 4 is 11.9 Å². The van der Waals surface area contributed by atoms with Crippen molar-refractivity contribution in [1.29, 1.82) is 0 Å². The smallest absolute Gasteiger partial charge is 0.335 e. The Labute approximate surface area is 141 Å². The summed E-state index contributed by atoms with van der Waals surface area (Å²) in [6.45, 7) is 0.517. The molecular formula is C19H21NO4. The first-order chi connectivity index (χ1) is 11.6. The minimum atomic E-state index is -0.985. The number of carboxylic acid groups (broad SMARTS) is 1. The van der Waals surface area contributed by atoms with Gasteiger partial charge in [-0.2, -0.15) is 0 Å². The highest BCUT2D eigenvalue weighted by Crippen LogP contribution is 2.18. The van der Waals surface area contributed by atoms with Crippen LogP contribution in [0.25, 0.3) is 0 Å². The molecule has 0 saturated carbocycles. The highest BCUT2D eigenvalue weighted by molar-refractivity contribution is 5.87. The van der Waals surface area contributed by atoms with Crippen LogP contribution in [-0.2, 0) is 11.2 Å². The van der Waals surface area contributed by atoms with Gasteiger partial charge in [-0.15, -0.1) is 0 Å². The fourth-order valence-corrected chi connectivity index (χ4v) is 2.52. The molecule has 0 fully saturated rings. The van der Waals surface area contributed by atoms with Crippen LogP contribution in [-0.4, -0.2) is 35.2 Å². The molecule has 0 spiro atoms. The Hall–Kier alpha value is -2.66. The number of aliphatic hydroxyl groups is 1. The van der Waals surface area contributed by atoms with Gasteiger partial charge in [-0.25, -0.2) is 4.79 Å². The van der Waals surface area contributed by atoms with Crippen LogP contribution in [0.15, 0.2) is 54.6 Å². The molecule has 5 heteroatoms. The lowest BCUT2D eigenvalue weighted by Gasteiger charge is -2.17. The van der Waals surface area contributed by atoms with Crippen molar-refractivity contribution in [2.45, 2.75) is 18.8 Å². The van der Waals surface area contributed by atoms with Crippen LogP contribution in [0, 0.1) is 0 Å². The van der Waals surface area contributed by atoms with Crippen LogP contribution in [0.5, 0.6) is 0 Å². The van der Waals surface area contributed by atoms with Crippen LogP contribution >= 0.6 is 0 Å². The van der Waals surface area contributed by atoms with E-state index in [4.69, 9.17) is 5.11 Å². The van der Waals surface area contributed by atoms with Gasteiger partial charge in [-0.1, -0.05) is 42.5 Å². The predicted molar refractivity (Wildman–Crippen MR) is 91.0 cm³/mol. The average Bonchev–Trinajstić information content (AvgIpc) is 2.60. The van der Waals surface area contributed by atoms with Crippen LogP contribution in [0.1, 0.15) is 33.8 Å². The van der Waals surface area contributed by atoms with Crippen molar-refractivity contribution in [2.24, 2.45) is 0 Å². The zero-order valence-corrected chi connectivity index (χ0v) is 13.3. The predicted octanol–water partition coefficient (Wildman–Crippen LogP) is 2.21. The minimum absolute atomic E-state index is 0.0616. The van der Waals surface area contributed by atoms with E-state index in [2.05, 4.69) is 5.32 Å². The van der Waals surface area contributed by atoms with E-state index >= 15 is 0 Å². The molecule has 2 aromatic carbocycles. The second kappa shape index (κ2) is 8.84. The standard InChI is InChI=1S/C19H21NO4/c21-11-10-17(15-4-2-1-3-5-15)13-20-18(22)12-14-6-8-16(9-7-14)19(23)24/h1-9,17,21H,10-13H2,(H,20,22)(H,23,24). The van der Waals surface area contributed by atoms with Gasteiger partial charge < -0.3 is 15.5 Å². The maximum atomic E-state index is 12.1. The third-order valence-electron chi connectivity index (χ3n) is 3.86. The molecule has 24 heavy (non-hydrogen) atoms. The van der Waals surface area contributed by atoms with Gasteiger partial charge >= 0.3 is 5.97 Å². The summed E-state index contributed by atoms with van der Waals surface area (Å²) in [5, 5.41) is 21.0. The van der Waals surface area contributed by atoms with Gasteiger partial charge in [0.05, 0.1) is 12.0 Å². The molecule has 0 bridgehead atoms. The van der Waals surface area contributed by atoms with Gasteiger partial charge in [0.25, 0.3) is 0 Å². The van der Waals surface area contributed by atoms with E-state index in [9.17, 15) is 14.7 Å². The topological polar surface area (TPSA) is 86.6 Å². The molecule has 0 aliphatic rings. The summed E-state index contributed by atoms with van der Waals surface area (Å²) in [5.74, 6) is -1.05. The van der Waals surface area contributed by atoms with Crippen LogP contribution in [0.3, 0.4) is 0 Å². The third-order valence-corrected chi connectivity index (χ3v) is 3.86. The third kappa shape index (κ3) is 5.21. The highest BCUT2D eigenvalue weighted by Gasteiger charge is 2.13. The van der Waals surface area contributed by atoms with Crippen molar-refractivity contribution in [3.63, 3.8) is 0 Å². The van der Waals surface area contributed by atoms with Gasteiger partial charge in [0.15, 0.2) is 0 Å². The van der Waals surface area contributed by atoms with Crippen molar-refractivity contribution in [3.05, 3.63) is 71.3 Å². The normalized spacial score (nSPS) is 11.7. The number of amides is 1. The van der Waals surface area contributed by atoms with Crippen molar-refractivity contribution in [3.8, 4) is 0 Å². The number of rotatable bonds is 8. The Morgan fingerprint density at radius 1 is 1.00 bits per heavy atom. The number of hydrogen-bond donors (Lipinski definition) is 3. The number of hydrogen-bond acceptors (Lipinski definition) is 3. The van der Waals surface area contributed by atoms with E-state index < -0.39 is 5.97 Å². The molecule has 1 amide bonds. The second-order valence-corrected chi connectivity index (χ2v) is 5.60. The van der Waals surface area contributed by atoms with E-state index in [0.29, 0.717) is 13.0 Å². The zero-order valence-electron chi connectivity index (χ0n) is 13.3. The molecular weight excluding hydrogens is 306 g/mol. The first kappa shape index (κ1) is 17.7. The number of aliphatic hydroxyl groups excluding tert-OH is 1. The number of aromatic carboxylic acids is 1. The lowest BCUT2D eigenvalue weighted by molar-refractivity contribution is -0.120. The van der Waals surface area contributed by atoms with E-state index in [1.165, 1.54) is 12.1 Å². The van der Waals surface area contributed by atoms with E-state index in [1.54, 1.807) is 12.1 Å². The fourth-order valence-electron chi connectivity index (χ4n) is 2.52. The summed E-state index contributed by atoms with van der Waals surface area (Å²) in [5.41, 5.74) is 2.04. The van der Waals surface area contributed by atoms with E-state index in [-0.39, 0.29) is 30.4 Å². The van der Waals surface area contributed by atoms with Gasteiger partial charge in [0, 0.05) is 19.1 Å². The summed E-state index contributed by atoms with van der Waals surface area (Å²) < 4.78 is 0. The summed E-state index contributed by atoms with van der Waals surface area (Å²) >= 11 is 0. The number of nitrogens with one attached hydrogen (secondary N) is 1. The monoisotopic (exact) mass is 327 g/mol. The fraction of sp³-hybridized carbons (Fsp3) is 0.263. The molecule has 0 aromatic heterocycles. The van der Waals surface area contributed by atoms with Crippen molar-refractivity contribution < 1.29 is 19.8 Å². The Bertz CT molecular complexity index is 668. The maximum absolute atomic E-state index is 12.1. The maximum Gasteiger partial charge on any atom is 0.335 e. The van der Waals surface area contributed by atoms with Gasteiger partial charge in [-0.3, -0.25) is 4.79 Å². The summed E-state index contributed by atoms with van der Waals surface area (Å²) in [4.78, 5) is 22.9. The molecule has 0 heterocycles. The van der Waals surface area contributed by atoms with Crippen LogP contribution in [0.4, 0.5) is 0 Å². The Kier molecular flexibility index (Phi) is 6.51. The van der Waals surface area contributed by atoms with Crippen molar-refractivity contribution in [2.75, 3.05) is 13.2 Å². The second-order valence-electron chi connectivity index (χ2n) is 5.60. The number of benzene rings is 2. The molecule has 1 unspecified atom stereocenters. The minimum Gasteiger partial charge on any atom is -0.478 e. The number of carboxylic acids is 1. The highest BCUT2D eigenvalue weighted by atomic mass is 16.4. The number of carbonyl (C=O) groups is 2. The molecule has 2 rings (SSSR count). The quantitative estimate of drug-likeness (QED) is 0.694. The zero-order chi connectivity index (χ0) is 17.4. The molecule has 0 aliphatic carbocycles. The molecule has 0 saturated heterocycles. The molecule has 0 radical (unpaired) electrons. The molecule has 126 valence electrons. The Morgan fingerprint density at radius 3 is 2.25 bits per heavy atom. The van der Waals surface area contributed by atoms with Gasteiger partial charge in [0.2, 0.25) is 5.91 Å². The lowest BCUT2D eigenvalue weighted by atomic mass is 9.96. The lowest BCUT2D eigenvalue weighted by Crippen LogP contribution is -2.30. The summed E-state index contributed by atoms with van der Waals surface area (Å²) in [6.07, 6.45) is 0.776. The SMILES string of the molecule is O=C(Cc1ccc(C(=O)O)cc1)NCC(CCO)c1ccccc1. The number of carbonyl (C=O) groups excluding carboxylic acids is 1. The van der Waals surface area contributed by atoms with Gasteiger partial charge in [-0.05, 0) is 29.7 Å².